The summed E-state index contributed by atoms with van der Waals surface area (Å²) in [6.45, 7) is 1.17. The van der Waals surface area contributed by atoms with E-state index in [9.17, 15) is 4.79 Å². The first-order chi connectivity index (χ1) is 11.7. The monoisotopic (exact) mass is 324 g/mol. The van der Waals surface area contributed by atoms with Crippen molar-refractivity contribution in [2.45, 2.75) is 12.8 Å². The van der Waals surface area contributed by atoms with Gasteiger partial charge in [-0.25, -0.2) is 15.0 Å². The van der Waals surface area contributed by atoms with Crippen molar-refractivity contribution >= 4 is 5.91 Å². The van der Waals surface area contributed by atoms with Crippen LogP contribution in [0, 0.1) is 0 Å². The third-order valence-electron chi connectivity index (χ3n) is 4.16. The molecule has 0 N–H and O–H groups in total. The number of hydrogen-bond acceptors (Lipinski definition) is 6. The van der Waals surface area contributed by atoms with Crippen LogP contribution in [0.4, 0.5) is 0 Å². The SMILES string of the molecule is Cn1cnc(C(=O)N2CCc3ncnc(-c4ccoc4)c3CC2)n1. The fraction of sp³-hybridized carbons (Fsp3) is 0.312. The van der Waals surface area contributed by atoms with E-state index in [0.29, 0.717) is 25.9 Å². The van der Waals surface area contributed by atoms with Crippen molar-refractivity contribution in [2.75, 3.05) is 13.1 Å². The minimum Gasteiger partial charge on any atom is -0.472 e. The maximum Gasteiger partial charge on any atom is 0.293 e. The van der Waals surface area contributed by atoms with Crippen molar-refractivity contribution in [2.24, 2.45) is 7.05 Å². The van der Waals surface area contributed by atoms with Gasteiger partial charge in [-0.05, 0) is 12.5 Å². The zero-order chi connectivity index (χ0) is 16.5. The van der Waals surface area contributed by atoms with Crippen molar-refractivity contribution in [3.8, 4) is 11.3 Å². The number of amides is 1. The lowest BCUT2D eigenvalue weighted by atomic mass is 10.0. The van der Waals surface area contributed by atoms with Crippen LogP contribution in [0.2, 0.25) is 0 Å². The highest BCUT2D eigenvalue weighted by molar-refractivity contribution is 5.90. The molecule has 1 amide bonds. The molecule has 4 heterocycles. The van der Waals surface area contributed by atoms with Gasteiger partial charge in [0.25, 0.3) is 5.91 Å². The van der Waals surface area contributed by atoms with Gasteiger partial charge in [-0.2, -0.15) is 0 Å². The van der Waals surface area contributed by atoms with Crippen molar-refractivity contribution in [1.29, 1.82) is 0 Å². The largest absolute Gasteiger partial charge is 0.472 e. The Morgan fingerprint density at radius 1 is 1.21 bits per heavy atom. The predicted molar refractivity (Wildman–Crippen MR) is 84.0 cm³/mol. The van der Waals surface area contributed by atoms with Crippen LogP contribution in [0.15, 0.2) is 35.7 Å². The van der Waals surface area contributed by atoms with Crippen molar-refractivity contribution in [3.05, 3.63) is 48.3 Å². The Labute approximate surface area is 138 Å². The Morgan fingerprint density at radius 3 is 2.83 bits per heavy atom. The van der Waals surface area contributed by atoms with Gasteiger partial charge in [0, 0.05) is 43.4 Å². The third-order valence-corrected chi connectivity index (χ3v) is 4.16. The van der Waals surface area contributed by atoms with Gasteiger partial charge in [0.2, 0.25) is 5.82 Å². The molecule has 8 heteroatoms. The third kappa shape index (κ3) is 2.55. The molecule has 1 aliphatic rings. The number of nitrogens with zero attached hydrogens (tertiary/aromatic N) is 6. The summed E-state index contributed by atoms with van der Waals surface area (Å²) < 4.78 is 6.70. The van der Waals surface area contributed by atoms with E-state index < -0.39 is 0 Å². The standard InChI is InChI=1S/C16H16N6O2/c1-21-10-19-15(20-21)16(23)22-5-2-12-13(3-6-22)17-9-18-14(12)11-4-7-24-8-11/h4,7-10H,2-3,5-6H2,1H3. The molecule has 4 rings (SSSR count). The average molecular weight is 324 g/mol. The summed E-state index contributed by atoms with van der Waals surface area (Å²) in [5, 5.41) is 4.10. The zero-order valence-electron chi connectivity index (χ0n) is 13.2. The van der Waals surface area contributed by atoms with Gasteiger partial charge in [0.1, 0.15) is 12.7 Å². The minimum absolute atomic E-state index is 0.152. The first-order valence-corrected chi connectivity index (χ1v) is 7.72. The molecule has 0 bridgehead atoms. The maximum absolute atomic E-state index is 12.6. The molecule has 0 saturated heterocycles. The summed E-state index contributed by atoms with van der Waals surface area (Å²) in [5.74, 6) is 0.0748. The fourth-order valence-electron chi connectivity index (χ4n) is 2.96. The van der Waals surface area contributed by atoms with E-state index in [1.54, 1.807) is 30.8 Å². The summed E-state index contributed by atoms with van der Waals surface area (Å²) in [7, 11) is 1.74. The number of hydrogen-bond donors (Lipinski definition) is 0. The first kappa shape index (κ1) is 14.6. The Hall–Kier alpha value is -3.03. The number of carbonyl (C=O) groups excluding carboxylic acids is 1. The summed E-state index contributed by atoms with van der Waals surface area (Å²) in [6, 6.07) is 1.88. The van der Waals surface area contributed by atoms with E-state index in [-0.39, 0.29) is 11.7 Å². The van der Waals surface area contributed by atoms with E-state index in [4.69, 9.17) is 4.42 Å². The van der Waals surface area contributed by atoms with Gasteiger partial charge in [-0.15, -0.1) is 5.10 Å². The van der Waals surface area contributed by atoms with Gasteiger partial charge < -0.3 is 9.32 Å². The first-order valence-electron chi connectivity index (χ1n) is 7.72. The van der Waals surface area contributed by atoms with Gasteiger partial charge in [-0.1, -0.05) is 0 Å². The van der Waals surface area contributed by atoms with E-state index in [0.717, 1.165) is 22.5 Å². The summed E-state index contributed by atoms with van der Waals surface area (Å²) in [6.07, 6.45) is 7.77. The Bertz CT molecular complexity index is 871. The van der Waals surface area contributed by atoms with Crippen LogP contribution in [-0.2, 0) is 19.9 Å². The smallest absolute Gasteiger partial charge is 0.293 e. The molecular formula is C16H16N6O2. The molecule has 0 atom stereocenters. The molecule has 24 heavy (non-hydrogen) atoms. The number of rotatable bonds is 2. The second kappa shape index (κ2) is 5.88. The number of carbonyl (C=O) groups is 1. The minimum atomic E-state index is -0.152. The molecule has 1 aliphatic heterocycles. The predicted octanol–water partition coefficient (Wildman–Crippen LogP) is 1.11. The van der Waals surface area contributed by atoms with Crippen LogP contribution in [0.25, 0.3) is 11.3 Å². The number of furan rings is 1. The molecular weight excluding hydrogens is 308 g/mol. The van der Waals surface area contributed by atoms with Crippen LogP contribution in [0.1, 0.15) is 21.9 Å². The molecule has 3 aromatic rings. The number of fused-ring (bicyclic) bond motifs is 1. The zero-order valence-corrected chi connectivity index (χ0v) is 13.2. The van der Waals surface area contributed by atoms with E-state index in [1.165, 1.54) is 11.0 Å². The maximum atomic E-state index is 12.6. The summed E-state index contributed by atoms with van der Waals surface area (Å²) >= 11 is 0. The van der Waals surface area contributed by atoms with Crippen LogP contribution >= 0.6 is 0 Å². The molecule has 0 unspecified atom stereocenters. The van der Waals surface area contributed by atoms with Gasteiger partial charge in [0.05, 0.1) is 18.2 Å². The molecule has 0 saturated carbocycles. The fourth-order valence-corrected chi connectivity index (χ4v) is 2.96. The highest BCUT2D eigenvalue weighted by Gasteiger charge is 2.25. The normalized spacial score (nSPS) is 14.3. The van der Waals surface area contributed by atoms with Crippen LogP contribution < -0.4 is 0 Å². The number of aromatic nitrogens is 5. The summed E-state index contributed by atoms with van der Waals surface area (Å²) in [5.41, 5.74) is 3.85. The lowest BCUT2D eigenvalue weighted by Crippen LogP contribution is -2.34. The molecule has 0 radical (unpaired) electrons. The quantitative estimate of drug-likeness (QED) is 0.701. The molecule has 0 aromatic carbocycles. The van der Waals surface area contributed by atoms with Gasteiger partial charge >= 0.3 is 0 Å². The Kier molecular flexibility index (Phi) is 3.56. The second-order valence-electron chi connectivity index (χ2n) is 5.69. The Morgan fingerprint density at radius 2 is 2.08 bits per heavy atom. The molecule has 0 spiro atoms. The molecule has 3 aromatic heterocycles. The topological polar surface area (TPSA) is 89.9 Å². The Balaban J connectivity index is 1.60. The van der Waals surface area contributed by atoms with E-state index in [2.05, 4.69) is 20.1 Å². The van der Waals surface area contributed by atoms with E-state index in [1.807, 2.05) is 6.07 Å². The molecule has 0 fully saturated rings. The van der Waals surface area contributed by atoms with Gasteiger partial charge in [-0.3, -0.25) is 9.48 Å². The van der Waals surface area contributed by atoms with Crippen LogP contribution in [0.5, 0.6) is 0 Å². The molecule has 0 aliphatic carbocycles. The number of aryl methyl sites for hydroxylation is 1. The van der Waals surface area contributed by atoms with Crippen LogP contribution in [-0.4, -0.2) is 48.6 Å². The van der Waals surface area contributed by atoms with Gasteiger partial charge in [0.15, 0.2) is 0 Å². The van der Waals surface area contributed by atoms with Crippen molar-refractivity contribution in [3.63, 3.8) is 0 Å². The van der Waals surface area contributed by atoms with Crippen LogP contribution in [0.3, 0.4) is 0 Å². The summed E-state index contributed by atoms with van der Waals surface area (Å²) in [4.78, 5) is 27.2. The van der Waals surface area contributed by atoms with E-state index >= 15 is 0 Å². The lowest BCUT2D eigenvalue weighted by Gasteiger charge is -2.18. The molecule has 122 valence electrons. The highest BCUT2D eigenvalue weighted by atomic mass is 16.3. The lowest BCUT2D eigenvalue weighted by molar-refractivity contribution is 0.0750. The highest BCUT2D eigenvalue weighted by Crippen LogP contribution is 2.26. The van der Waals surface area contributed by atoms with Crippen molar-refractivity contribution < 1.29 is 9.21 Å². The van der Waals surface area contributed by atoms with Crippen molar-refractivity contribution in [1.82, 2.24) is 29.6 Å². The molecule has 8 nitrogen and oxygen atoms in total. The second-order valence-corrected chi connectivity index (χ2v) is 5.69. The average Bonchev–Trinajstić information content (AvgIpc) is 3.22.